The second-order valence-corrected chi connectivity index (χ2v) is 11.8. The summed E-state index contributed by atoms with van der Waals surface area (Å²) < 4.78 is 9.11. The molecule has 1 saturated carbocycles. The first-order chi connectivity index (χ1) is 16.2. The fourth-order valence-electron chi connectivity index (χ4n) is 6.24. The third-order valence-corrected chi connectivity index (χ3v) is 8.49. The van der Waals surface area contributed by atoms with Gasteiger partial charge in [-0.15, -0.1) is 0 Å². The number of urea groups is 1. The second-order valence-electron chi connectivity index (χ2n) is 11.8. The first-order valence-electron chi connectivity index (χ1n) is 12.9. The molecule has 1 spiro atoms. The van der Waals surface area contributed by atoms with Crippen molar-refractivity contribution in [1.82, 2.24) is 25.3 Å². The van der Waals surface area contributed by atoms with Gasteiger partial charge in [0.15, 0.2) is 0 Å². The quantitative estimate of drug-likeness (QED) is 0.688. The zero-order chi connectivity index (χ0) is 23.7. The normalized spacial score (nSPS) is 25.8. The first kappa shape index (κ1) is 22.0. The molecule has 2 N–H and O–H groups in total. The van der Waals surface area contributed by atoms with Crippen LogP contribution in [-0.2, 0) is 5.60 Å². The van der Waals surface area contributed by atoms with Crippen LogP contribution < -0.4 is 15.4 Å². The fourth-order valence-corrected chi connectivity index (χ4v) is 6.24. The number of benzene rings is 1. The van der Waals surface area contributed by atoms with Crippen LogP contribution in [0.15, 0.2) is 24.3 Å². The number of carbonyl (C=O) groups is 1. The molecule has 3 aliphatic heterocycles. The predicted octanol–water partition coefficient (Wildman–Crippen LogP) is 4.51. The summed E-state index contributed by atoms with van der Waals surface area (Å²) in [7, 11) is 0. The van der Waals surface area contributed by atoms with Gasteiger partial charge in [0.05, 0.1) is 6.04 Å². The van der Waals surface area contributed by atoms with Gasteiger partial charge in [-0.1, -0.05) is 12.1 Å². The van der Waals surface area contributed by atoms with Crippen LogP contribution in [0.5, 0.6) is 5.75 Å². The summed E-state index contributed by atoms with van der Waals surface area (Å²) >= 11 is 0. The van der Waals surface area contributed by atoms with Gasteiger partial charge in [0.2, 0.25) is 0 Å². The van der Waals surface area contributed by atoms with E-state index in [4.69, 9.17) is 9.84 Å². The van der Waals surface area contributed by atoms with Crippen LogP contribution in [0.2, 0.25) is 0 Å². The molecule has 1 atom stereocenters. The van der Waals surface area contributed by atoms with Crippen molar-refractivity contribution in [2.24, 2.45) is 0 Å². The van der Waals surface area contributed by atoms with Crippen molar-refractivity contribution in [1.29, 1.82) is 0 Å². The zero-order valence-electron chi connectivity index (χ0n) is 20.9. The van der Waals surface area contributed by atoms with Crippen molar-refractivity contribution in [3.63, 3.8) is 0 Å². The van der Waals surface area contributed by atoms with E-state index in [-0.39, 0.29) is 17.1 Å². The Morgan fingerprint density at radius 3 is 2.59 bits per heavy atom. The van der Waals surface area contributed by atoms with E-state index in [2.05, 4.69) is 61.2 Å². The van der Waals surface area contributed by atoms with E-state index in [1.54, 1.807) is 0 Å². The highest BCUT2D eigenvalue weighted by Crippen LogP contribution is 2.51. The lowest BCUT2D eigenvalue weighted by Gasteiger charge is -2.44. The minimum Gasteiger partial charge on any atom is -0.482 e. The van der Waals surface area contributed by atoms with Gasteiger partial charge in [0.1, 0.15) is 17.0 Å². The molecular formula is C27H37N5O2. The highest BCUT2D eigenvalue weighted by atomic mass is 16.5. The first-order valence-corrected chi connectivity index (χ1v) is 12.9. The van der Waals surface area contributed by atoms with Crippen molar-refractivity contribution in [3.05, 3.63) is 35.5 Å². The Morgan fingerprint density at radius 2 is 1.88 bits per heavy atom. The summed E-state index contributed by atoms with van der Waals surface area (Å²) in [5.74, 6) is 0.911. The molecule has 7 nitrogen and oxygen atoms in total. The summed E-state index contributed by atoms with van der Waals surface area (Å²) in [6.07, 6.45) is 5.84. The number of likely N-dealkylation sites (tertiary alicyclic amines) is 1. The van der Waals surface area contributed by atoms with Gasteiger partial charge in [-0.3, -0.25) is 4.68 Å². The molecule has 3 fully saturated rings. The number of fused-ring (bicyclic) bond motifs is 4. The van der Waals surface area contributed by atoms with E-state index in [0.29, 0.717) is 19.1 Å². The van der Waals surface area contributed by atoms with Crippen molar-refractivity contribution < 1.29 is 9.53 Å². The molecule has 6 rings (SSSR count). The van der Waals surface area contributed by atoms with Crippen LogP contribution >= 0.6 is 0 Å². The van der Waals surface area contributed by atoms with Crippen LogP contribution in [0.4, 0.5) is 4.79 Å². The van der Waals surface area contributed by atoms with Crippen LogP contribution in [0.3, 0.4) is 0 Å². The fraction of sp³-hybridized carbons (Fsp3) is 0.630. The average Bonchev–Trinajstić information content (AvgIpc) is 3.41. The van der Waals surface area contributed by atoms with Gasteiger partial charge in [-0.2, -0.15) is 5.10 Å². The minimum atomic E-state index is -0.436. The monoisotopic (exact) mass is 463 g/mol. The molecule has 4 heterocycles. The molecule has 0 radical (unpaired) electrons. The average molecular weight is 464 g/mol. The maximum atomic E-state index is 12.9. The van der Waals surface area contributed by atoms with Crippen molar-refractivity contribution >= 4 is 6.03 Å². The highest BCUT2D eigenvalue weighted by Gasteiger charge is 2.48. The van der Waals surface area contributed by atoms with Crippen molar-refractivity contribution in [2.45, 2.75) is 88.9 Å². The summed E-state index contributed by atoms with van der Waals surface area (Å²) in [6.45, 7) is 11.3. The topological polar surface area (TPSA) is 71.4 Å². The SMILES string of the molecule is Cc1c2c(nn1[C@@H]1CCNC(C)(C)C1)-c1ccccc1OC21CCN(C(=O)NC2(C)CC2)CC1. The van der Waals surface area contributed by atoms with Gasteiger partial charge >= 0.3 is 6.03 Å². The Hall–Kier alpha value is -2.54. The number of nitrogens with zero attached hydrogens (tertiary/aromatic N) is 3. The van der Waals surface area contributed by atoms with E-state index in [1.165, 1.54) is 11.3 Å². The van der Waals surface area contributed by atoms with Crippen molar-refractivity contribution in [2.75, 3.05) is 19.6 Å². The number of aromatic nitrogens is 2. The zero-order valence-corrected chi connectivity index (χ0v) is 20.9. The molecule has 1 aromatic carbocycles. The molecule has 182 valence electrons. The van der Waals surface area contributed by atoms with Gasteiger partial charge in [-0.05, 0) is 72.1 Å². The third kappa shape index (κ3) is 3.60. The molecule has 2 amide bonds. The standard InChI is InChI=1S/C27H37N5O2/c1-18-22-23(30-32(18)19-9-14-28-25(2,3)17-19)20-7-5-6-8-21(20)34-27(22)12-15-31(16-13-27)24(33)29-26(4)10-11-26/h5-8,19,28H,9-17H2,1-4H3,(H,29,33)/t19-/m1/s1. The van der Waals surface area contributed by atoms with Crippen LogP contribution in [-0.4, -0.2) is 51.4 Å². The molecule has 1 aliphatic carbocycles. The third-order valence-electron chi connectivity index (χ3n) is 8.49. The van der Waals surface area contributed by atoms with E-state index in [1.807, 2.05) is 11.0 Å². The molecule has 1 aromatic heterocycles. The lowest BCUT2D eigenvalue weighted by atomic mass is 9.79. The molecular weight excluding hydrogens is 426 g/mol. The van der Waals surface area contributed by atoms with Gasteiger partial charge in [0, 0.05) is 53.8 Å². The Labute approximate surface area is 202 Å². The predicted molar refractivity (Wildman–Crippen MR) is 132 cm³/mol. The summed E-state index contributed by atoms with van der Waals surface area (Å²) in [5.41, 5.74) is 4.27. The number of nitrogens with one attached hydrogen (secondary N) is 2. The Morgan fingerprint density at radius 1 is 1.15 bits per heavy atom. The van der Waals surface area contributed by atoms with E-state index in [0.717, 1.165) is 62.1 Å². The molecule has 4 aliphatic rings. The van der Waals surface area contributed by atoms with Gasteiger partial charge < -0.3 is 20.3 Å². The van der Waals surface area contributed by atoms with Crippen LogP contribution in [0, 0.1) is 6.92 Å². The molecule has 2 aromatic rings. The Balaban J connectivity index is 1.34. The number of hydrogen-bond donors (Lipinski definition) is 2. The maximum absolute atomic E-state index is 12.9. The number of hydrogen-bond acceptors (Lipinski definition) is 4. The van der Waals surface area contributed by atoms with E-state index in [9.17, 15) is 4.79 Å². The summed E-state index contributed by atoms with van der Waals surface area (Å²) in [5, 5.41) is 12.1. The van der Waals surface area contributed by atoms with E-state index < -0.39 is 5.60 Å². The molecule has 2 saturated heterocycles. The number of ether oxygens (including phenoxy) is 1. The number of amides is 2. The number of rotatable bonds is 2. The Kier molecular flexibility index (Phi) is 4.83. The maximum Gasteiger partial charge on any atom is 0.317 e. The smallest absolute Gasteiger partial charge is 0.317 e. The highest BCUT2D eigenvalue weighted by molar-refractivity contribution is 5.77. The van der Waals surface area contributed by atoms with Gasteiger partial charge in [-0.25, -0.2) is 4.79 Å². The number of carbonyl (C=O) groups excluding carboxylic acids is 1. The second kappa shape index (κ2) is 7.48. The van der Waals surface area contributed by atoms with Crippen LogP contribution in [0.25, 0.3) is 11.3 Å². The van der Waals surface area contributed by atoms with E-state index >= 15 is 0 Å². The molecule has 7 heteroatoms. The lowest BCUT2D eigenvalue weighted by molar-refractivity contribution is 0.00420. The molecule has 0 bridgehead atoms. The summed E-state index contributed by atoms with van der Waals surface area (Å²) in [4.78, 5) is 14.8. The minimum absolute atomic E-state index is 0.0000235. The number of para-hydroxylation sites is 1. The van der Waals surface area contributed by atoms with Crippen LogP contribution in [0.1, 0.15) is 76.6 Å². The van der Waals surface area contributed by atoms with Gasteiger partial charge in [0.25, 0.3) is 0 Å². The Bertz CT molecular complexity index is 1120. The summed E-state index contributed by atoms with van der Waals surface area (Å²) in [6, 6.07) is 8.73. The lowest BCUT2D eigenvalue weighted by Crippen LogP contribution is -2.53. The largest absolute Gasteiger partial charge is 0.482 e. The molecule has 0 unspecified atom stereocenters. The van der Waals surface area contributed by atoms with Crippen molar-refractivity contribution in [3.8, 4) is 17.0 Å². The molecule has 34 heavy (non-hydrogen) atoms. The number of piperidine rings is 2.